The van der Waals surface area contributed by atoms with Crippen LogP contribution in [0.1, 0.15) is 48.7 Å². The zero-order valence-corrected chi connectivity index (χ0v) is 30.0. The van der Waals surface area contributed by atoms with Crippen LogP contribution in [-0.4, -0.2) is 58.6 Å². The number of hydrogen-bond donors (Lipinski definition) is 3. The summed E-state index contributed by atoms with van der Waals surface area (Å²) in [5.74, 6) is 0.961. The lowest BCUT2D eigenvalue weighted by atomic mass is 10.00. The molecule has 12 heteroatoms. The number of carbonyl (C=O) groups excluding carboxylic acids is 2. The summed E-state index contributed by atoms with van der Waals surface area (Å²) in [5.41, 5.74) is 4.05. The number of nitrogens with one attached hydrogen (secondary N) is 3. The van der Waals surface area contributed by atoms with Gasteiger partial charge in [0, 0.05) is 49.4 Å². The van der Waals surface area contributed by atoms with Crippen molar-refractivity contribution < 1.29 is 14.3 Å². The molecule has 0 spiro atoms. The molecule has 1 unspecified atom stereocenters. The normalized spacial score (nSPS) is 14.8. The van der Waals surface area contributed by atoms with Gasteiger partial charge in [-0.25, -0.2) is 19.7 Å². The monoisotopic (exact) mass is 739 g/mol. The second-order valence-corrected chi connectivity index (χ2v) is 14.4. The summed E-state index contributed by atoms with van der Waals surface area (Å²) in [5, 5.41) is 10.0. The van der Waals surface area contributed by atoms with Gasteiger partial charge in [-0.3, -0.25) is 10.1 Å². The van der Waals surface area contributed by atoms with Crippen molar-refractivity contribution in [3.63, 3.8) is 0 Å². The Balaban J connectivity index is 1.21. The Kier molecular flexibility index (Phi) is 11.1. The van der Waals surface area contributed by atoms with E-state index >= 15 is 0 Å². The molecule has 3 aromatic carbocycles. The molecule has 1 aliphatic heterocycles. The fourth-order valence-electron chi connectivity index (χ4n) is 5.59. The lowest BCUT2D eigenvalue weighted by molar-refractivity contribution is 0.102. The predicted molar refractivity (Wildman–Crippen MR) is 199 cm³/mol. The average Bonchev–Trinajstić information content (AvgIpc) is 3.10. The van der Waals surface area contributed by atoms with Crippen molar-refractivity contribution >= 4 is 73.6 Å². The largest absolute Gasteiger partial charge is 0.449 e. The van der Waals surface area contributed by atoms with E-state index in [-0.39, 0.29) is 11.8 Å². The molecule has 5 aromatic rings. The van der Waals surface area contributed by atoms with Crippen LogP contribution in [0.25, 0.3) is 11.0 Å². The van der Waals surface area contributed by atoms with Crippen LogP contribution in [0.2, 0.25) is 0 Å². The lowest BCUT2D eigenvalue weighted by Gasteiger charge is -2.29. The Hall–Kier alpha value is -4.52. The smallest absolute Gasteiger partial charge is 0.411 e. The summed E-state index contributed by atoms with van der Waals surface area (Å²) < 4.78 is 6.44. The van der Waals surface area contributed by atoms with Crippen molar-refractivity contribution in [1.29, 1.82) is 0 Å². The van der Waals surface area contributed by atoms with Crippen molar-refractivity contribution in [3.8, 4) is 0 Å². The van der Waals surface area contributed by atoms with E-state index in [0.29, 0.717) is 46.6 Å². The van der Waals surface area contributed by atoms with Crippen LogP contribution in [0.4, 0.5) is 27.7 Å². The number of amides is 2. The van der Waals surface area contributed by atoms with Gasteiger partial charge < -0.3 is 20.3 Å². The average molecular weight is 741 g/mol. The van der Waals surface area contributed by atoms with E-state index in [9.17, 15) is 9.59 Å². The highest BCUT2D eigenvalue weighted by atomic mass is 79.9. The molecule has 0 saturated carbocycles. The third kappa shape index (κ3) is 9.14. The van der Waals surface area contributed by atoms with Gasteiger partial charge in [0.05, 0.1) is 17.7 Å². The molecule has 1 atom stereocenters. The third-order valence-corrected chi connectivity index (χ3v) is 9.82. The molecular weight excluding hydrogens is 702 g/mol. The predicted octanol–water partition coefficient (Wildman–Crippen LogP) is 8.95. The highest BCUT2D eigenvalue weighted by molar-refractivity contribution is 9.10. The highest BCUT2D eigenvalue weighted by Gasteiger charge is 2.19. The molecular formula is C37H38BrN7O3S. The van der Waals surface area contributed by atoms with Crippen molar-refractivity contribution in [2.24, 2.45) is 5.92 Å². The molecule has 49 heavy (non-hydrogen) atoms. The molecule has 0 radical (unpaired) electrons. The quantitative estimate of drug-likeness (QED) is 0.129. The summed E-state index contributed by atoms with van der Waals surface area (Å²) >= 11 is 4.95. The maximum atomic E-state index is 13.3. The van der Waals surface area contributed by atoms with Gasteiger partial charge in [0.25, 0.3) is 5.91 Å². The van der Waals surface area contributed by atoms with Gasteiger partial charge in [0.2, 0.25) is 0 Å². The van der Waals surface area contributed by atoms with E-state index < -0.39 is 6.09 Å². The minimum atomic E-state index is -0.454. The molecule has 2 aromatic heterocycles. The Morgan fingerprint density at radius 2 is 1.73 bits per heavy atom. The minimum Gasteiger partial charge on any atom is -0.449 e. The van der Waals surface area contributed by atoms with Crippen LogP contribution < -0.4 is 16.0 Å². The van der Waals surface area contributed by atoms with Crippen LogP contribution in [0.5, 0.6) is 0 Å². The van der Waals surface area contributed by atoms with Crippen LogP contribution in [-0.2, 0) is 4.74 Å². The second-order valence-electron chi connectivity index (χ2n) is 12.4. The molecule has 252 valence electrons. The van der Waals surface area contributed by atoms with Crippen molar-refractivity contribution in [3.05, 3.63) is 101 Å². The van der Waals surface area contributed by atoms with Crippen LogP contribution in [0.15, 0.2) is 99.5 Å². The van der Waals surface area contributed by atoms with Gasteiger partial charge in [0.15, 0.2) is 5.65 Å². The fraction of sp³-hybridized carbons (Fsp3) is 0.270. The fourth-order valence-corrected chi connectivity index (χ4v) is 6.74. The van der Waals surface area contributed by atoms with Crippen molar-refractivity contribution in [2.75, 3.05) is 42.7 Å². The number of anilines is 4. The molecule has 3 N–H and O–H groups in total. The van der Waals surface area contributed by atoms with Crippen LogP contribution >= 0.6 is 27.7 Å². The van der Waals surface area contributed by atoms with Crippen molar-refractivity contribution in [2.45, 2.75) is 42.4 Å². The van der Waals surface area contributed by atoms with E-state index in [2.05, 4.69) is 67.6 Å². The molecule has 1 saturated heterocycles. The number of likely N-dealkylation sites (tertiary alicyclic amines) is 1. The molecule has 1 fully saturated rings. The van der Waals surface area contributed by atoms with Gasteiger partial charge >= 0.3 is 6.09 Å². The van der Waals surface area contributed by atoms with E-state index in [4.69, 9.17) is 9.72 Å². The number of fused-ring (bicyclic) bond motifs is 1. The number of benzene rings is 3. The zero-order valence-electron chi connectivity index (χ0n) is 27.6. The number of carbonyl (C=O) groups is 2. The zero-order chi connectivity index (χ0) is 34.3. The van der Waals surface area contributed by atoms with Crippen LogP contribution in [0, 0.1) is 5.92 Å². The summed E-state index contributed by atoms with van der Waals surface area (Å²) in [7, 11) is 2.10. The molecule has 3 heterocycles. The van der Waals surface area contributed by atoms with Gasteiger partial charge in [-0.1, -0.05) is 41.5 Å². The number of ether oxygens (including phenoxy) is 1. The van der Waals surface area contributed by atoms with E-state index in [1.165, 1.54) is 18.1 Å². The number of halogens is 1. The van der Waals surface area contributed by atoms with Crippen molar-refractivity contribution in [1.82, 2.24) is 19.9 Å². The number of piperidine rings is 1. The maximum absolute atomic E-state index is 13.3. The molecule has 2 amide bonds. The molecule has 0 aliphatic carbocycles. The third-order valence-electron chi connectivity index (χ3n) is 8.21. The topological polar surface area (TPSA) is 121 Å². The van der Waals surface area contributed by atoms with E-state index in [1.807, 2.05) is 72.8 Å². The Bertz CT molecular complexity index is 1940. The van der Waals surface area contributed by atoms with Gasteiger partial charge in [-0.05, 0) is 111 Å². The van der Waals surface area contributed by atoms with E-state index in [0.717, 1.165) is 51.3 Å². The Morgan fingerprint density at radius 1 is 0.980 bits per heavy atom. The SMILES string of the molecule is CC(C)c1ccc2c(Nc3cc(C(=O)Nc4ccc(Br)cc4)ccc3Sc3ccc(NC(=O)OCC4CCCN(C)C4)cc3)ncnc2n1. The summed E-state index contributed by atoms with van der Waals surface area (Å²) in [6.07, 6.45) is 3.23. The summed E-state index contributed by atoms with van der Waals surface area (Å²) in [6.45, 7) is 6.62. The second kappa shape index (κ2) is 15.8. The van der Waals surface area contributed by atoms with Crippen LogP contribution in [0.3, 0.4) is 0 Å². The highest BCUT2D eigenvalue weighted by Crippen LogP contribution is 2.37. The number of nitrogens with zero attached hydrogens (tertiary/aromatic N) is 4. The summed E-state index contributed by atoms with van der Waals surface area (Å²) in [6, 6.07) is 24.5. The van der Waals surface area contributed by atoms with E-state index in [1.54, 1.807) is 6.07 Å². The number of aromatic nitrogens is 3. The standard InChI is InChI=1S/C37H38BrN7O3S/c1-23(2)31-16-15-30-34(43-31)39-22-40-35(30)44-32-19-25(36(46)41-27-9-7-26(38)8-10-27)6-17-33(32)49-29-13-11-28(12-14-29)42-37(47)48-21-24-5-4-18-45(3)20-24/h6-17,19,22-24H,4-5,18,20-21H2,1-3H3,(H,41,46)(H,42,47)(H,39,40,43,44). The first kappa shape index (κ1) is 34.3. The number of hydrogen-bond acceptors (Lipinski definition) is 9. The molecule has 0 bridgehead atoms. The number of rotatable bonds is 10. The maximum Gasteiger partial charge on any atom is 0.411 e. The first-order valence-corrected chi connectivity index (χ1v) is 17.8. The molecule has 10 nitrogen and oxygen atoms in total. The Morgan fingerprint density at radius 3 is 2.49 bits per heavy atom. The molecule has 1 aliphatic rings. The summed E-state index contributed by atoms with van der Waals surface area (Å²) in [4.78, 5) is 43.6. The first-order chi connectivity index (χ1) is 23.7. The minimum absolute atomic E-state index is 0.240. The van der Waals surface area contributed by atoms with Gasteiger partial charge in [-0.2, -0.15) is 0 Å². The first-order valence-electron chi connectivity index (χ1n) is 16.2. The lowest BCUT2D eigenvalue weighted by Crippen LogP contribution is -2.35. The Labute approximate surface area is 298 Å². The number of pyridine rings is 1. The van der Waals surface area contributed by atoms with Gasteiger partial charge in [0.1, 0.15) is 12.1 Å². The van der Waals surface area contributed by atoms with Gasteiger partial charge in [-0.15, -0.1) is 0 Å². The molecule has 6 rings (SSSR count).